The Balaban J connectivity index is 3.09. The molecule has 0 aliphatic carbocycles. The lowest BCUT2D eigenvalue weighted by atomic mass is 10.4. The summed E-state index contributed by atoms with van der Waals surface area (Å²) in [5.74, 6) is 0.922. The van der Waals surface area contributed by atoms with Crippen molar-refractivity contribution in [3.8, 4) is 0 Å². The molecule has 70 valence electrons. The van der Waals surface area contributed by atoms with Crippen LogP contribution in [0.15, 0.2) is 11.5 Å². The van der Waals surface area contributed by atoms with Crippen LogP contribution in [-0.4, -0.2) is 18.3 Å². The molecule has 0 N–H and O–H groups in total. The van der Waals surface area contributed by atoms with E-state index in [1.165, 1.54) is 19.8 Å². The first-order valence-corrected chi connectivity index (χ1v) is 5.22. The molecule has 0 fully saturated rings. The van der Waals surface area contributed by atoms with Crippen LogP contribution in [-0.2, 0) is 9.53 Å². The van der Waals surface area contributed by atoms with E-state index < -0.39 is 0 Å². The topological polar surface area (TPSA) is 26.3 Å². The van der Waals surface area contributed by atoms with Crippen LogP contribution in [0.3, 0.4) is 0 Å². The third-order valence-corrected chi connectivity index (χ3v) is 2.10. The van der Waals surface area contributed by atoms with Crippen LogP contribution in [0.5, 0.6) is 0 Å². The van der Waals surface area contributed by atoms with Gasteiger partial charge >= 0.3 is 5.97 Å². The first-order chi connectivity index (χ1) is 5.77. The van der Waals surface area contributed by atoms with E-state index in [9.17, 15) is 4.79 Å². The average Bonchev–Trinajstić information content (AvgIpc) is 2.02. The minimum atomic E-state index is -0.224. The van der Waals surface area contributed by atoms with E-state index in [-0.39, 0.29) is 5.97 Å². The molecule has 0 radical (unpaired) electrons. The zero-order valence-electron chi connectivity index (χ0n) is 7.71. The molecule has 0 rings (SSSR count). The number of unbranched alkanes of at least 4 members (excludes halogenated alkanes) is 1. The SMILES string of the molecule is CCCCS/C=C/COC(C)=O. The Morgan fingerprint density at radius 2 is 2.33 bits per heavy atom. The van der Waals surface area contributed by atoms with Crippen LogP contribution in [0.25, 0.3) is 0 Å². The van der Waals surface area contributed by atoms with Crippen molar-refractivity contribution in [2.75, 3.05) is 12.4 Å². The molecule has 0 heterocycles. The van der Waals surface area contributed by atoms with E-state index in [0.29, 0.717) is 6.61 Å². The molecule has 0 spiro atoms. The van der Waals surface area contributed by atoms with E-state index in [0.717, 1.165) is 5.75 Å². The summed E-state index contributed by atoms with van der Waals surface area (Å²) in [6.45, 7) is 3.98. The van der Waals surface area contributed by atoms with Gasteiger partial charge in [-0.3, -0.25) is 4.79 Å². The second kappa shape index (κ2) is 8.65. The Labute approximate surface area is 78.4 Å². The lowest BCUT2D eigenvalue weighted by molar-refractivity contribution is -0.139. The molecular weight excluding hydrogens is 172 g/mol. The molecule has 0 saturated carbocycles. The number of carbonyl (C=O) groups is 1. The van der Waals surface area contributed by atoms with E-state index >= 15 is 0 Å². The molecule has 2 nitrogen and oxygen atoms in total. The molecule has 0 unspecified atom stereocenters. The van der Waals surface area contributed by atoms with Gasteiger partial charge in [-0.15, -0.1) is 11.8 Å². The second-order valence-electron chi connectivity index (χ2n) is 2.40. The van der Waals surface area contributed by atoms with Crippen molar-refractivity contribution in [1.82, 2.24) is 0 Å². The van der Waals surface area contributed by atoms with E-state index in [1.807, 2.05) is 11.5 Å². The van der Waals surface area contributed by atoms with Gasteiger partial charge < -0.3 is 4.74 Å². The van der Waals surface area contributed by atoms with Crippen molar-refractivity contribution in [1.29, 1.82) is 0 Å². The van der Waals surface area contributed by atoms with Crippen LogP contribution in [0.2, 0.25) is 0 Å². The van der Waals surface area contributed by atoms with Crippen LogP contribution in [0, 0.1) is 0 Å². The van der Waals surface area contributed by atoms with Gasteiger partial charge in [0.25, 0.3) is 0 Å². The Hall–Kier alpha value is -0.440. The Morgan fingerprint density at radius 3 is 2.92 bits per heavy atom. The zero-order chi connectivity index (χ0) is 9.23. The number of hydrogen-bond donors (Lipinski definition) is 0. The predicted molar refractivity (Wildman–Crippen MR) is 53.1 cm³/mol. The van der Waals surface area contributed by atoms with Crippen LogP contribution >= 0.6 is 11.8 Å². The molecule has 12 heavy (non-hydrogen) atoms. The van der Waals surface area contributed by atoms with Crippen LogP contribution < -0.4 is 0 Å². The van der Waals surface area contributed by atoms with Crippen LogP contribution in [0.1, 0.15) is 26.7 Å². The van der Waals surface area contributed by atoms with E-state index in [4.69, 9.17) is 4.74 Å². The number of ether oxygens (including phenoxy) is 1. The first-order valence-electron chi connectivity index (χ1n) is 4.17. The molecular formula is C9H16O2S. The number of hydrogen-bond acceptors (Lipinski definition) is 3. The summed E-state index contributed by atoms with van der Waals surface area (Å²) >= 11 is 1.76. The molecule has 0 aromatic rings. The Morgan fingerprint density at radius 1 is 1.58 bits per heavy atom. The highest BCUT2D eigenvalue weighted by Gasteiger charge is 1.86. The summed E-state index contributed by atoms with van der Waals surface area (Å²) in [6.07, 6.45) is 4.33. The quantitative estimate of drug-likeness (QED) is 0.473. The minimum absolute atomic E-state index is 0.224. The highest BCUT2D eigenvalue weighted by atomic mass is 32.2. The van der Waals surface area contributed by atoms with Crippen molar-refractivity contribution in [2.24, 2.45) is 0 Å². The van der Waals surface area contributed by atoms with Gasteiger partial charge in [0.15, 0.2) is 0 Å². The van der Waals surface area contributed by atoms with Gasteiger partial charge in [-0.25, -0.2) is 0 Å². The highest BCUT2D eigenvalue weighted by molar-refractivity contribution is 8.02. The maximum Gasteiger partial charge on any atom is 0.302 e. The number of carbonyl (C=O) groups excluding carboxylic acids is 1. The van der Waals surface area contributed by atoms with E-state index in [1.54, 1.807) is 11.8 Å². The van der Waals surface area contributed by atoms with Gasteiger partial charge in [0.05, 0.1) is 0 Å². The number of esters is 1. The maximum absolute atomic E-state index is 10.3. The molecule has 0 aliphatic heterocycles. The van der Waals surface area contributed by atoms with Gasteiger partial charge in [0.1, 0.15) is 6.61 Å². The summed E-state index contributed by atoms with van der Waals surface area (Å²) in [6, 6.07) is 0. The van der Waals surface area contributed by atoms with E-state index in [2.05, 4.69) is 6.92 Å². The van der Waals surface area contributed by atoms with Gasteiger partial charge in [0, 0.05) is 6.92 Å². The summed E-state index contributed by atoms with van der Waals surface area (Å²) in [5.41, 5.74) is 0. The summed E-state index contributed by atoms with van der Waals surface area (Å²) in [7, 11) is 0. The second-order valence-corrected chi connectivity index (χ2v) is 3.41. The zero-order valence-corrected chi connectivity index (χ0v) is 8.52. The third-order valence-electron chi connectivity index (χ3n) is 1.19. The number of rotatable bonds is 6. The Bertz CT molecular complexity index is 143. The summed E-state index contributed by atoms with van der Waals surface area (Å²) in [5, 5.41) is 1.98. The molecule has 0 aromatic carbocycles. The monoisotopic (exact) mass is 188 g/mol. The summed E-state index contributed by atoms with van der Waals surface area (Å²) in [4.78, 5) is 10.3. The fourth-order valence-corrected chi connectivity index (χ4v) is 1.37. The normalized spacial score (nSPS) is 10.5. The fourth-order valence-electron chi connectivity index (χ4n) is 0.569. The molecule has 0 saturated heterocycles. The molecule has 0 atom stereocenters. The van der Waals surface area contributed by atoms with Crippen molar-refractivity contribution >= 4 is 17.7 Å². The first kappa shape index (κ1) is 11.6. The lowest BCUT2D eigenvalue weighted by Crippen LogP contribution is -1.96. The Kier molecular flexibility index (Phi) is 8.34. The minimum Gasteiger partial charge on any atom is -0.462 e. The van der Waals surface area contributed by atoms with Crippen molar-refractivity contribution in [2.45, 2.75) is 26.7 Å². The molecule has 3 heteroatoms. The lowest BCUT2D eigenvalue weighted by Gasteiger charge is -1.94. The van der Waals surface area contributed by atoms with Gasteiger partial charge in [-0.1, -0.05) is 13.3 Å². The average molecular weight is 188 g/mol. The van der Waals surface area contributed by atoms with Crippen molar-refractivity contribution in [3.05, 3.63) is 11.5 Å². The predicted octanol–water partition coefficient (Wildman–Crippen LogP) is 2.60. The molecule has 0 amide bonds. The van der Waals surface area contributed by atoms with Crippen LogP contribution in [0.4, 0.5) is 0 Å². The van der Waals surface area contributed by atoms with Gasteiger partial charge in [0.2, 0.25) is 0 Å². The van der Waals surface area contributed by atoms with Gasteiger partial charge in [-0.2, -0.15) is 0 Å². The standard InChI is InChI=1S/C9H16O2S/c1-3-4-7-12-8-5-6-11-9(2)10/h5,8H,3-4,6-7H2,1-2H3/b8-5+. The molecule has 0 bridgehead atoms. The third kappa shape index (κ3) is 9.56. The van der Waals surface area contributed by atoms with Crippen molar-refractivity contribution < 1.29 is 9.53 Å². The summed E-state index contributed by atoms with van der Waals surface area (Å²) < 4.78 is 4.71. The molecule has 0 aliphatic rings. The smallest absolute Gasteiger partial charge is 0.302 e. The highest BCUT2D eigenvalue weighted by Crippen LogP contribution is 2.05. The fraction of sp³-hybridized carbons (Fsp3) is 0.667. The largest absolute Gasteiger partial charge is 0.462 e. The molecule has 0 aromatic heterocycles. The number of thioether (sulfide) groups is 1. The maximum atomic E-state index is 10.3. The van der Waals surface area contributed by atoms with Gasteiger partial charge in [-0.05, 0) is 23.7 Å². The van der Waals surface area contributed by atoms with Crippen molar-refractivity contribution in [3.63, 3.8) is 0 Å².